The molecule has 2 aromatic heterocycles. The molecule has 26 heavy (non-hydrogen) atoms. The van der Waals surface area contributed by atoms with E-state index in [9.17, 15) is 4.79 Å². The average molecular weight is 344 g/mol. The third-order valence-corrected chi connectivity index (χ3v) is 4.47. The summed E-state index contributed by atoms with van der Waals surface area (Å²) in [6, 6.07) is 13.2. The number of carbonyl (C=O) groups excluding carboxylic acids is 1. The Balaban J connectivity index is 1.89. The Kier molecular flexibility index (Phi) is 4.02. The second-order valence-electron chi connectivity index (χ2n) is 6.19. The number of allylic oxidation sites excluding steroid dienone is 1. The molecule has 3 aromatic rings. The van der Waals surface area contributed by atoms with E-state index in [0.29, 0.717) is 12.0 Å². The molecule has 1 aromatic carbocycles. The molecule has 0 saturated carbocycles. The summed E-state index contributed by atoms with van der Waals surface area (Å²) in [5.41, 5.74) is 3.95. The van der Waals surface area contributed by atoms with Crippen molar-refractivity contribution in [2.75, 3.05) is 0 Å². The maximum atomic E-state index is 12.8. The van der Waals surface area contributed by atoms with Crippen LogP contribution in [0.2, 0.25) is 0 Å². The van der Waals surface area contributed by atoms with Crippen molar-refractivity contribution in [3.63, 3.8) is 0 Å². The molecule has 0 unspecified atom stereocenters. The van der Waals surface area contributed by atoms with E-state index in [-0.39, 0.29) is 0 Å². The molecule has 5 heteroatoms. The maximum absolute atomic E-state index is 12.8. The van der Waals surface area contributed by atoms with Crippen molar-refractivity contribution in [2.24, 2.45) is 0 Å². The topological polar surface area (TPSA) is 76.1 Å². The van der Waals surface area contributed by atoms with Gasteiger partial charge in [0.1, 0.15) is 11.8 Å². The molecule has 0 spiro atoms. The zero-order valence-electron chi connectivity index (χ0n) is 14.2. The van der Waals surface area contributed by atoms with Crippen LogP contribution in [0.25, 0.3) is 22.6 Å². The predicted molar refractivity (Wildman–Crippen MR) is 97.1 cm³/mol. The van der Waals surface area contributed by atoms with Crippen molar-refractivity contribution in [2.45, 2.75) is 25.9 Å². The molecule has 0 aliphatic heterocycles. The summed E-state index contributed by atoms with van der Waals surface area (Å²) < 4.78 is 10.7. The molecular formula is C21H16N2O3. The minimum atomic E-state index is -0.801. The van der Waals surface area contributed by atoms with Gasteiger partial charge in [-0.25, -0.2) is 9.78 Å². The van der Waals surface area contributed by atoms with Crippen LogP contribution >= 0.6 is 0 Å². The molecule has 4 rings (SSSR count). The summed E-state index contributed by atoms with van der Waals surface area (Å²) in [5, 5.41) is 9.71. The van der Waals surface area contributed by atoms with E-state index in [4.69, 9.17) is 19.4 Å². The first-order chi connectivity index (χ1) is 12.7. The number of ether oxygens (including phenoxy) is 1. The number of esters is 1. The normalized spacial score (nSPS) is 15.6. The lowest BCUT2D eigenvalue weighted by atomic mass is 10.0. The van der Waals surface area contributed by atoms with Crippen molar-refractivity contribution in [3.05, 3.63) is 65.2 Å². The lowest BCUT2D eigenvalue weighted by Gasteiger charge is -2.13. The number of fused-ring (bicyclic) bond motifs is 2. The Hall–Kier alpha value is -3.39. The summed E-state index contributed by atoms with van der Waals surface area (Å²) >= 11 is 0. The zero-order chi connectivity index (χ0) is 18.1. The molecule has 2 heterocycles. The quantitative estimate of drug-likeness (QED) is 0.659. The molecule has 0 N–H and O–H groups in total. The van der Waals surface area contributed by atoms with Crippen molar-refractivity contribution < 1.29 is 13.9 Å². The van der Waals surface area contributed by atoms with Crippen LogP contribution < -0.4 is 0 Å². The zero-order valence-corrected chi connectivity index (χ0v) is 14.2. The van der Waals surface area contributed by atoms with Gasteiger partial charge in [-0.05, 0) is 55.2 Å². The fourth-order valence-corrected chi connectivity index (χ4v) is 3.30. The molecule has 0 amide bonds. The maximum Gasteiger partial charge on any atom is 0.340 e. The van der Waals surface area contributed by atoms with Gasteiger partial charge < -0.3 is 9.15 Å². The number of furan rings is 1. The van der Waals surface area contributed by atoms with Crippen LogP contribution in [-0.4, -0.2) is 17.1 Å². The Labute approximate surface area is 150 Å². The van der Waals surface area contributed by atoms with Crippen molar-refractivity contribution >= 4 is 28.5 Å². The molecule has 0 saturated heterocycles. The van der Waals surface area contributed by atoms with Gasteiger partial charge in [-0.3, -0.25) is 0 Å². The summed E-state index contributed by atoms with van der Waals surface area (Å²) in [7, 11) is 0. The van der Waals surface area contributed by atoms with E-state index in [2.05, 4.69) is 0 Å². The van der Waals surface area contributed by atoms with E-state index in [0.717, 1.165) is 39.9 Å². The standard InChI is InChI=1S/C21H16N2O3/c1-13(12-22)26-21(24)19-16-6-2-3-7-18(16)23-20-14(8-9-17(19)20)11-15-5-4-10-25-15/h2-7,10-11,13H,8-9H2,1H3/b14-11+/t13-/m0/s1. The minimum Gasteiger partial charge on any atom is -0.465 e. The van der Waals surface area contributed by atoms with Crippen LogP contribution in [0.5, 0.6) is 0 Å². The lowest BCUT2D eigenvalue weighted by molar-refractivity contribution is 0.0436. The predicted octanol–water partition coefficient (Wildman–Crippen LogP) is 4.38. The molecule has 0 radical (unpaired) electrons. The highest BCUT2D eigenvalue weighted by Crippen LogP contribution is 2.37. The van der Waals surface area contributed by atoms with Crippen molar-refractivity contribution in [1.29, 1.82) is 5.26 Å². The molecule has 0 bridgehead atoms. The summed E-state index contributed by atoms with van der Waals surface area (Å²) in [5.74, 6) is 0.276. The van der Waals surface area contributed by atoms with Gasteiger partial charge in [0.25, 0.3) is 0 Å². The first kappa shape index (κ1) is 16.1. The van der Waals surface area contributed by atoms with E-state index >= 15 is 0 Å². The number of hydrogen-bond donors (Lipinski definition) is 0. The number of para-hydroxylation sites is 1. The lowest BCUT2D eigenvalue weighted by Crippen LogP contribution is -2.16. The minimum absolute atomic E-state index is 0.479. The number of pyridine rings is 1. The van der Waals surface area contributed by atoms with E-state index in [1.807, 2.05) is 48.5 Å². The first-order valence-corrected chi connectivity index (χ1v) is 8.44. The van der Waals surface area contributed by atoms with Gasteiger partial charge >= 0.3 is 5.97 Å². The Bertz CT molecular complexity index is 1060. The Morgan fingerprint density at radius 3 is 2.92 bits per heavy atom. The monoisotopic (exact) mass is 344 g/mol. The third-order valence-electron chi connectivity index (χ3n) is 4.47. The number of hydrogen-bond acceptors (Lipinski definition) is 5. The van der Waals surface area contributed by atoms with E-state index in [1.165, 1.54) is 0 Å². The summed E-state index contributed by atoms with van der Waals surface area (Å²) in [6.45, 7) is 1.56. The molecule has 5 nitrogen and oxygen atoms in total. The highest BCUT2D eigenvalue weighted by Gasteiger charge is 2.28. The van der Waals surface area contributed by atoms with Crippen LogP contribution in [0.15, 0.2) is 47.1 Å². The summed E-state index contributed by atoms with van der Waals surface area (Å²) in [4.78, 5) is 17.5. The largest absolute Gasteiger partial charge is 0.465 e. The smallest absolute Gasteiger partial charge is 0.340 e. The molecular weight excluding hydrogens is 328 g/mol. The average Bonchev–Trinajstić information content (AvgIpc) is 3.30. The van der Waals surface area contributed by atoms with Crippen molar-refractivity contribution in [1.82, 2.24) is 4.98 Å². The second-order valence-corrected chi connectivity index (χ2v) is 6.19. The fourth-order valence-electron chi connectivity index (χ4n) is 3.30. The van der Waals surface area contributed by atoms with E-state index < -0.39 is 12.1 Å². The van der Waals surface area contributed by atoms with Gasteiger partial charge in [0.05, 0.1) is 23.0 Å². The second kappa shape index (κ2) is 6.49. The van der Waals surface area contributed by atoms with Gasteiger partial charge in [0.15, 0.2) is 6.10 Å². The van der Waals surface area contributed by atoms with Gasteiger partial charge in [-0.1, -0.05) is 18.2 Å². The van der Waals surface area contributed by atoms with Gasteiger partial charge in [0.2, 0.25) is 0 Å². The molecule has 1 aliphatic rings. The number of rotatable bonds is 3. The number of nitrogens with zero attached hydrogens (tertiary/aromatic N) is 2. The van der Waals surface area contributed by atoms with Crippen LogP contribution in [0.3, 0.4) is 0 Å². The van der Waals surface area contributed by atoms with Gasteiger partial charge in [-0.15, -0.1) is 0 Å². The van der Waals surface area contributed by atoms with Crippen LogP contribution in [0.1, 0.15) is 40.7 Å². The van der Waals surface area contributed by atoms with Crippen LogP contribution in [0, 0.1) is 11.3 Å². The molecule has 128 valence electrons. The summed E-state index contributed by atoms with van der Waals surface area (Å²) in [6.07, 6.45) is 4.26. The highest BCUT2D eigenvalue weighted by molar-refractivity contribution is 6.07. The van der Waals surface area contributed by atoms with Crippen molar-refractivity contribution in [3.8, 4) is 6.07 Å². The molecule has 0 fully saturated rings. The third kappa shape index (κ3) is 2.76. The number of benzene rings is 1. The number of nitriles is 1. The SMILES string of the molecule is C[C@@H](C#N)OC(=O)c1c2c(nc3ccccc13)/C(=C/c1ccco1)CC2. The number of aromatic nitrogens is 1. The van der Waals surface area contributed by atoms with Gasteiger partial charge in [-0.2, -0.15) is 5.26 Å². The van der Waals surface area contributed by atoms with Crippen LogP contribution in [0.4, 0.5) is 0 Å². The first-order valence-electron chi connectivity index (χ1n) is 8.44. The Morgan fingerprint density at radius 1 is 1.31 bits per heavy atom. The van der Waals surface area contributed by atoms with Crippen LogP contribution in [-0.2, 0) is 11.2 Å². The highest BCUT2D eigenvalue weighted by atomic mass is 16.5. The Morgan fingerprint density at radius 2 is 2.15 bits per heavy atom. The van der Waals surface area contributed by atoms with E-state index in [1.54, 1.807) is 13.2 Å². The van der Waals surface area contributed by atoms with Gasteiger partial charge in [0, 0.05) is 5.39 Å². The number of carbonyl (C=O) groups is 1. The molecule has 1 aliphatic carbocycles. The fraction of sp³-hybridized carbons (Fsp3) is 0.190. The molecule has 1 atom stereocenters.